The summed E-state index contributed by atoms with van der Waals surface area (Å²) in [6.45, 7) is 6.64. The van der Waals surface area contributed by atoms with Crippen molar-refractivity contribution in [3.63, 3.8) is 0 Å². The van der Waals surface area contributed by atoms with Crippen LogP contribution in [0.4, 0.5) is 0 Å². The summed E-state index contributed by atoms with van der Waals surface area (Å²) >= 11 is 0. The summed E-state index contributed by atoms with van der Waals surface area (Å²) in [7, 11) is 0. The largest absolute Gasteiger partial charge is 0.447 e. The lowest BCUT2D eigenvalue weighted by atomic mass is 10.2. The Kier molecular flexibility index (Phi) is 6.31. The number of oxazole rings is 1. The van der Waals surface area contributed by atoms with Crippen LogP contribution in [-0.2, 0) is 17.8 Å². The van der Waals surface area contributed by atoms with Crippen LogP contribution in [0.1, 0.15) is 34.9 Å². The average Bonchev–Trinajstić information content (AvgIpc) is 3.41. The molecule has 2 aliphatic rings. The average molecular weight is 385 g/mol. The molecule has 0 bridgehead atoms. The Bertz CT molecular complexity index is 752. The summed E-state index contributed by atoms with van der Waals surface area (Å²) < 4.78 is 11.0. The Morgan fingerprint density at radius 1 is 1.18 bits per heavy atom. The topological polar surface area (TPSA) is 83.7 Å². The fraction of sp³-hybridized carbons (Fsp3) is 0.550. The van der Waals surface area contributed by atoms with E-state index in [0.717, 1.165) is 57.9 Å². The number of carbonyl (C=O) groups is 1. The number of hydrogen-bond donors (Lipinski definition) is 1. The summed E-state index contributed by atoms with van der Waals surface area (Å²) in [5.74, 6) is 0.381. The summed E-state index contributed by atoms with van der Waals surface area (Å²) in [5.41, 5.74) is 1.43. The fourth-order valence-electron chi connectivity index (χ4n) is 3.61. The zero-order valence-corrected chi connectivity index (χ0v) is 16.0. The highest BCUT2D eigenvalue weighted by atomic mass is 16.5. The Hall–Kier alpha value is -2.29. The first-order valence-electron chi connectivity index (χ1n) is 9.95. The lowest BCUT2D eigenvalue weighted by Gasteiger charge is -2.33. The van der Waals surface area contributed by atoms with E-state index in [9.17, 15) is 4.79 Å². The normalized spacial score (nSPS) is 21.1. The van der Waals surface area contributed by atoms with Crippen molar-refractivity contribution >= 4 is 5.91 Å². The molecule has 1 atom stereocenters. The maximum absolute atomic E-state index is 12.2. The van der Waals surface area contributed by atoms with Gasteiger partial charge in [-0.25, -0.2) is 4.98 Å². The van der Waals surface area contributed by atoms with Crippen LogP contribution in [0, 0.1) is 0 Å². The molecule has 1 amide bonds. The number of nitrogens with zero attached hydrogens (tertiary/aromatic N) is 4. The number of piperazine rings is 1. The summed E-state index contributed by atoms with van der Waals surface area (Å²) in [5, 5.41) is 2.87. The third-order valence-corrected chi connectivity index (χ3v) is 5.23. The van der Waals surface area contributed by atoms with Crippen LogP contribution >= 0.6 is 0 Å². The zero-order valence-electron chi connectivity index (χ0n) is 16.0. The number of rotatable bonds is 7. The summed E-state index contributed by atoms with van der Waals surface area (Å²) in [6.07, 6.45) is 5.46. The van der Waals surface area contributed by atoms with E-state index in [0.29, 0.717) is 24.7 Å². The second-order valence-electron chi connectivity index (χ2n) is 7.34. The molecule has 0 aliphatic carbocycles. The monoisotopic (exact) mass is 385 g/mol. The van der Waals surface area contributed by atoms with E-state index in [-0.39, 0.29) is 12.0 Å². The van der Waals surface area contributed by atoms with E-state index in [1.807, 2.05) is 18.3 Å². The first-order chi connectivity index (χ1) is 13.8. The van der Waals surface area contributed by atoms with E-state index >= 15 is 0 Å². The first-order valence-corrected chi connectivity index (χ1v) is 9.95. The van der Waals surface area contributed by atoms with Crippen LogP contribution < -0.4 is 5.32 Å². The van der Waals surface area contributed by atoms with Gasteiger partial charge in [0.25, 0.3) is 5.91 Å². The molecule has 2 aliphatic heterocycles. The molecule has 2 aromatic rings. The maximum Gasteiger partial charge on any atom is 0.273 e. The molecule has 1 unspecified atom stereocenters. The van der Waals surface area contributed by atoms with Crippen LogP contribution in [0.5, 0.6) is 0 Å². The minimum absolute atomic E-state index is 0.123. The third-order valence-electron chi connectivity index (χ3n) is 5.23. The van der Waals surface area contributed by atoms with Gasteiger partial charge in [0.2, 0.25) is 5.89 Å². The number of pyridine rings is 1. The second-order valence-corrected chi connectivity index (χ2v) is 7.34. The van der Waals surface area contributed by atoms with Crippen molar-refractivity contribution in [1.82, 2.24) is 25.1 Å². The van der Waals surface area contributed by atoms with Crippen molar-refractivity contribution in [2.75, 3.05) is 39.3 Å². The lowest BCUT2D eigenvalue weighted by molar-refractivity contribution is 0.0853. The summed E-state index contributed by atoms with van der Waals surface area (Å²) in [4.78, 5) is 25.7. The van der Waals surface area contributed by atoms with E-state index in [1.165, 1.54) is 6.26 Å². The van der Waals surface area contributed by atoms with Crippen molar-refractivity contribution in [2.24, 2.45) is 0 Å². The smallest absolute Gasteiger partial charge is 0.273 e. The van der Waals surface area contributed by atoms with Crippen LogP contribution in [0.2, 0.25) is 0 Å². The van der Waals surface area contributed by atoms with Gasteiger partial charge in [0, 0.05) is 52.1 Å². The molecule has 0 radical (unpaired) electrons. The quantitative estimate of drug-likeness (QED) is 0.769. The predicted octanol–water partition coefficient (Wildman–Crippen LogP) is 1.30. The van der Waals surface area contributed by atoms with Crippen LogP contribution in [-0.4, -0.2) is 71.1 Å². The number of nitrogens with one attached hydrogen (secondary N) is 1. The van der Waals surface area contributed by atoms with Gasteiger partial charge in [-0.3, -0.25) is 19.6 Å². The predicted molar refractivity (Wildman–Crippen MR) is 103 cm³/mol. The molecule has 28 heavy (non-hydrogen) atoms. The van der Waals surface area contributed by atoms with Gasteiger partial charge in [0.15, 0.2) is 5.69 Å². The van der Waals surface area contributed by atoms with E-state index in [2.05, 4.69) is 31.2 Å². The van der Waals surface area contributed by atoms with E-state index in [4.69, 9.17) is 9.15 Å². The van der Waals surface area contributed by atoms with E-state index in [1.54, 1.807) is 0 Å². The van der Waals surface area contributed by atoms with Crippen molar-refractivity contribution in [1.29, 1.82) is 0 Å². The number of ether oxygens (including phenoxy) is 1. The third kappa shape index (κ3) is 5.15. The van der Waals surface area contributed by atoms with Crippen molar-refractivity contribution in [3.05, 3.63) is 47.9 Å². The van der Waals surface area contributed by atoms with Gasteiger partial charge < -0.3 is 14.5 Å². The van der Waals surface area contributed by atoms with Gasteiger partial charge in [0.1, 0.15) is 6.26 Å². The van der Waals surface area contributed by atoms with Gasteiger partial charge in [-0.05, 0) is 25.0 Å². The molecule has 4 heterocycles. The maximum atomic E-state index is 12.2. The molecule has 4 rings (SSSR count). The molecule has 8 heteroatoms. The number of carbonyl (C=O) groups excluding carboxylic acids is 1. The Morgan fingerprint density at radius 2 is 2.00 bits per heavy atom. The first kappa shape index (κ1) is 19.0. The highest BCUT2D eigenvalue weighted by molar-refractivity contribution is 5.91. The Morgan fingerprint density at radius 3 is 2.71 bits per heavy atom. The minimum Gasteiger partial charge on any atom is -0.447 e. The molecule has 2 saturated heterocycles. The van der Waals surface area contributed by atoms with E-state index < -0.39 is 0 Å². The number of hydrogen-bond acceptors (Lipinski definition) is 7. The molecule has 0 aromatic carbocycles. The van der Waals surface area contributed by atoms with Crippen LogP contribution in [0.15, 0.2) is 35.1 Å². The molecule has 2 aromatic heterocycles. The standard InChI is InChI=1S/C20H27N5O3/c26-20(22-12-17-5-3-11-27-17)18-15-28-19(23-18)14-25-9-7-24(8-10-25)13-16-4-1-2-6-21-16/h1-2,4,6,15,17H,3,5,7-14H2,(H,22,26). The molecule has 2 fully saturated rings. The molecular formula is C20H27N5O3. The van der Waals surface area contributed by atoms with Gasteiger partial charge in [-0.15, -0.1) is 0 Å². The molecular weight excluding hydrogens is 358 g/mol. The minimum atomic E-state index is -0.203. The molecule has 0 saturated carbocycles. The lowest BCUT2D eigenvalue weighted by Crippen LogP contribution is -2.45. The van der Waals surface area contributed by atoms with Gasteiger partial charge >= 0.3 is 0 Å². The van der Waals surface area contributed by atoms with Crippen LogP contribution in [0.3, 0.4) is 0 Å². The molecule has 1 N–H and O–H groups in total. The van der Waals surface area contributed by atoms with Crippen molar-refractivity contribution in [3.8, 4) is 0 Å². The second kappa shape index (κ2) is 9.27. The van der Waals surface area contributed by atoms with Gasteiger partial charge in [-0.2, -0.15) is 0 Å². The Labute approximate surface area is 164 Å². The SMILES string of the molecule is O=C(NCC1CCCO1)c1coc(CN2CCN(Cc3ccccn3)CC2)n1. The Balaban J connectivity index is 1.20. The highest BCUT2D eigenvalue weighted by Crippen LogP contribution is 2.12. The van der Waals surface area contributed by atoms with Crippen LogP contribution in [0.25, 0.3) is 0 Å². The number of aromatic nitrogens is 2. The molecule has 0 spiro atoms. The fourth-order valence-corrected chi connectivity index (χ4v) is 3.61. The molecule has 150 valence electrons. The van der Waals surface area contributed by atoms with Gasteiger partial charge in [-0.1, -0.05) is 6.07 Å². The number of amides is 1. The molecule has 8 nitrogen and oxygen atoms in total. The van der Waals surface area contributed by atoms with Gasteiger partial charge in [0.05, 0.1) is 18.3 Å². The van der Waals surface area contributed by atoms with Crippen molar-refractivity contribution in [2.45, 2.75) is 32.0 Å². The zero-order chi connectivity index (χ0) is 19.2. The van der Waals surface area contributed by atoms with Crippen molar-refractivity contribution < 1.29 is 13.9 Å². The highest BCUT2D eigenvalue weighted by Gasteiger charge is 2.21. The summed E-state index contributed by atoms with van der Waals surface area (Å²) in [6, 6.07) is 6.02.